The molecule has 192 valence electrons. The van der Waals surface area contributed by atoms with E-state index >= 15 is 0 Å². The molecule has 9 nitrogen and oxygen atoms in total. The molecular weight excluding hydrogens is 460 g/mol. The van der Waals surface area contributed by atoms with E-state index in [4.69, 9.17) is 18.9 Å². The molecule has 0 aliphatic carbocycles. The van der Waals surface area contributed by atoms with Gasteiger partial charge in [-0.25, -0.2) is 4.79 Å². The number of hydrogen-bond donors (Lipinski definition) is 2. The third-order valence-corrected chi connectivity index (χ3v) is 5.94. The number of hydrogen-bond acceptors (Lipinski definition) is 7. The van der Waals surface area contributed by atoms with E-state index in [9.17, 15) is 4.79 Å². The van der Waals surface area contributed by atoms with Crippen LogP contribution in [-0.4, -0.2) is 80.8 Å². The van der Waals surface area contributed by atoms with Gasteiger partial charge in [0.15, 0.2) is 0 Å². The Morgan fingerprint density at radius 3 is 1.58 bits per heavy atom. The molecule has 36 heavy (non-hydrogen) atoms. The molecule has 4 rings (SSSR count). The number of carbonyl (C=O) groups is 1. The third-order valence-electron chi connectivity index (χ3n) is 5.94. The summed E-state index contributed by atoms with van der Waals surface area (Å²) >= 11 is 0. The van der Waals surface area contributed by atoms with Crippen LogP contribution >= 0.6 is 0 Å². The fourth-order valence-electron chi connectivity index (χ4n) is 4.09. The molecule has 2 heterocycles. The minimum Gasteiger partial charge on any atom is -0.457 e. The molecule has 2 N–H and O–H groups in total. The average molecular weight is 495 g/mol. The first-order valence-electron chi connectivity index (χ1n) is 11.9. The predicted molar refractivity (Wildman–Crippen MR) is 140 cm³/mol. The summed E-state index contributed by atoms with van der Waals surface area (Å²) in [6, 6.07) is 11.5. The van der Waals surface area contributed by atoms with Gasteiger partial charge < -0.3 is 38.7 Å². The normalized spacial score (nSPS) is 11.5. The lowest BCUT2D eigenvalue weighted by atomic mass is 10.1. The van der Waals surface area contributed by atoms with Crippen LogP contribution in [0.3, 0.4) is 0 Å². The molecular formula is C27H34N4O5. The minimum absolute atomic E-state index is 0.266. The fraction of sp³-hybridized carbons (Fsp3) is 0.370. The van der Waals surface area contributed by atoms with Gasteiger partial charge in [0.25, 0.3) is 0 Å². The van der Waals surface area contributed by atoms with Crippen molar-refractivity contribution >= 4 is 28.0 Å². The zero-order chi connectivity index (χ0) is 25.5. The van der Waals surface area contributed by atoms with Crippen molar-refractivity contribution in [1.82, 2.24) is 19.8 Å². The zero-order valence-corrected chi connectivity index (χ0v) is 21.3. The van der Waals surface area contributed by atoms with Gasteiger partial charge in [0.05, 0.1) is 0 Å². The van der Waals surface area contributed by atoms with E-state index in [2.05, 4.69) is 19.8 Å². The number of fused-ring (bicyclic) bond motifs is 2. The molecule has 0 saturated carbocycles. The van der Waals surface area contributed by atoms with Gasteiger partial charge in [0, 0.05) is 47.3 Å². The number of aromatic nitrogens is 2. The molecule has 4 aromatic rings. The average Bonchev–Trinajstić information content (AvgIpc) is 3.46. The van der Waals surface area contributed by atoms with E-state index in [1.54, 1.807) is 0 Å². The number of likely N-dealkylation sites (N-methyl/N-ethyl adjacent to an activating group) is 2. The fourth-order valence-corrected chi connectivity index (χ4v) is 4.09. The topological polar surface area (TPSA) is 92.0 Å². The second-order valence-electron chi connectivity index (χ2n) is 9.15. The van der Waals surface area contributed by atoms with Gasteiger partial charge in [-0.05, 0) is 76.4 Å². The van der Waals surface area contributed by atoms with Crippen LogP contribution in [0.15, 0.2) is 48.8 Å². The van der Waals surface area contributed by atoms with Crippen LogP contribution in [0.5, 0.6) is 11.5 Å². The Morgan fingerprint density at radius 2 is 1.17 bits per heavy atom. The summed E-state index contributed by atoms with van der Waals surface area (Å²) < 4.78 is 21.8. The van der Waals surface area contributed by atoms with Crippen molar-refractivity contribution in [2.45, 2.75) is 12.8 Å². The van der Waals surface area contributed by atoms with Gasteiger partial charge in [0.1, 0.15) is 11.5 Å². The standard InChI is InChI=1S/C27H34N4O5/c1-30(2)13-11-19-15-28-21-7-5-9-23(25(19)21)33-17-35-27(32)36-18-34-24-10-6-8-22-26(24)20(16-29-22)12-14-31(3)4/h5-10,15-16,28-29H,11-14,17-18H2,1-4H3. The molecule has 0 fully saturated rings. The van der Waals surface area contributed by atoms with Gasteiger partial charge in [-0.1, -0.05) is 12.1 Å². The van der Waals surface area contributed by atoms with Crippen LogP contribution in [0.4, 0.5) is 4.79 Å². The Labute approximate surface area is 210 Å². The number of H-pyrrole nitrogens is 2. The van der Waals surface area contributed by atoms with Crippen molar-refractivity contribution in [3.05, 3.63) is 59.9 Å². The van der Waals surface area contributed by atoms with Gasteiger partial charge in [-0.15, -0.1) is 0 Å². The summed E-state index contributed by atoms with van der Waals surface area (Å²) in [5, 5.41) is 1.98. The van der Waals surface area contributed by atoms with Gasteiger partial charge in [0.2, 0.25) is 13.6 Å². The van der Waals surface area contributed by atoms with E-state index in [1.807, 2.05) is 77.0 Å². The summed E-state index contributed by atoms with van der Waals surface area (Å²) in [7, 11) is 8.16. The van der Waals surface area contributed by atoms with Gasteiger partial charge in [-0.3, -0.25) is 0 Å². The lowest BCUT2D eigenvalue weighted by molar-refractivity contribution is -0.0250. The van der Waals surface area contributed by atoms with Gasteiger partial charge in [-0.2, -0.15) is 0 Å². The highest BCUT2D eigenvalue weighted by atomic mass is 16.8. The number of ether oxygens (including phenoxy) is 4. The molecule has 0 atom stereocenters. The minimum atomic E-state index is -0.863. The second kappa shape index (κ2) is 11.8. The number of aromatic amines is 2. The number of carbonyl (C=O) groups excluding carboxylic acids is 1. The first-order chi connectivity index (χ1) is 17.4. The third kappa shape index (κ3) is 6.30. The molecule has 0 aliphatic rings. The lowest BCUT2D eigenvalue weighted by Crippen LogP contribution is -2.16. The van der Waals surface area contributed by atoms with E-state index in [0.717, 1.165) is 58.9 Å². The molecule has 2 aromatic carbocycles. The Balaban J connectivity index is 1.29. The molecule has 0 aliphatic heterocycles. The molecule has 0 bridgehead atoms. The second-order valence-corrected chi connectivity index (χ2v) is 9.15. The summed E-state index contributed by atoms with van der Waals surface area (Å²) in [6.07, 6.45) is 4.86. The molecule has 0 saturated heterocycles. The summed E-state index contributed by atoms with van der Waals surface area (Å²) in [6.45, 7) is 1.30. The summed E-state index contributed by atoms with van der Waals surface area (Å²) in [5.74, 6) is 1.30. The largest absolute Gasteiger partial charge is 0.514 e. The van der Waals surface area contributed by atoms with Crippen molar-refractivity contribution < 1.29 is 23.7 Å². The van der Waals surface area contributed by atoms with Crippen molar-refractivity contribution in [1.29, 1.82) is 0 Å². The Kier molecular flexibility index (Phi) is 8.35. The highest BCUT2D eigenvalue weighted by molar-refractivity contribution is 5.90. The maximum atomic E-state index is 12.1. The quantitative estimate of drug-likeness (QED) is 0.223. The SMILES string of the molecule is CN(C)CCc1c[nH]c2cccc(OCOC(=O)OCOc3cccc4[nH]cc(CCN(C)C)c34)c12. The maximum Gasteiger partial charge on any atom is 0.514 e. The van der Waals surface area contributed by atoms with Crippen molar-refractivity contribution in [3.8, 4) is 11.5 Å². The van der Waals surface area contributed by atoms with E-state index < -0.39 is 6.16 Å². The Bertz CT molecular complexity index is 1200. The maximum absolute atomic E-state index is 12.1. The molecule has 9 heteroatoms. The first-order valence-corrected chi connectivity index (χ1v) is 11.9. The number of nitrogens with zero attached hydrogens (tertiary/aromatic N) is 2. The van der Waals surface area contributed by atoms with E-state index in [1.165, 1.54) is 0 Å². The van der Waals surface area contributed by atoms with Crippen LogP contribution < -0.4 is 9.47 Å². The van der Waals surface area contributed by atoms with Crippen molar-refractivity contribution in [2.24, 2.45) is 0 Å². The van der Waals surface area contributed by atoms with E-state index in [-0.39, 0.29) is 13.6 Å². The van der Waals surface area contributed by atoms with Crippen molar-refractivity contribution in [2.75, 3.05) is 54.9 Å². The molecule has 0 amide bonds. The highest BCUT2D eigenvalue weighted by Gasteiger charge is 2.13. The van der Waals surface area contributed by atoms with Crippen LogP contribution in [0.25, 0.3) is 21.8 Å². The number of nitrogens with one attached hydrogen (secondary N) is 2. The van der Waals surface area contributed by atoms with Crippen LogP contribution in [0.1, 0.15) is 11.1 Å². The number of benzene rings is 2. The first kappa shape index (κ1) is 25.4. The molecule has 0 radical (unpaired) electrons. The van der Waals surface area contributed by atoms with Crippen molar-refractivity contribution in [3.63, 3.8) is 0 Å². The van der Waals surface area contributed by atoms with Crippen LogP contribution in [0.2, 0.25) is 0 Å². The highest BCUT2D eigenvalue weighted by Crippen LogP contribution is 2.30. The van der Waals surface area contributed by atoms with Crippen LogP contribution in [0, 0.1) is 0 Å². The molecule has 2 aromatic heterocycles. The zero-order valence-electron chi connectivity index (χ0n) is 21.3. The summed E-state index contributed by atoms with van der Waals surface area (Å²) in [4.78, 5) is 22.9. The Hall–Kier alpha value is -3.69. The van der Waals surface area contributed by atoms with E-state index in [0.29, 0.717) is 11.5 Å². The van der Waals surface area contributed by atoms with Crippen LogP contribution in [-0.2, 0) is 22.3 Å². The monoisotopic (exact) mass is 494 g/mol. The predicted octanol–water partition coefficient (Wildman–Crippen LogP) is 4.38. The smallest absolute Gasteiger partial charge is 0.457 e. The molecule has 0 spiro atoms. The lowest BCUT2D eigenvalue weighted by Gasteiger charge is -2.12. The number of rotatable bonds is 12. The summed E-state index contributed by atoms with van der Waals surface area (Å²) in [5.41, 5.74) is 4.24. The Morgan fingerprint density at radius 1 is 0.722 bits per heavy atom. The van der Waals surface area contributed by atoms with Gasteiger partial charge >= 0.3 is 6.16 Å². The molecule has 0 unspecified atom stereocenters.